The quantitative estimate of drug-likeness (QED) is 0.849. The number of benzene rings is 1. The van der Waals surface area contributed by atoms with Crippen LogP contribution in [0.15, 0.2) is 22.7 Å². The molecule has 0 amide bonds. The summed E-state index contributed by atoms with van der Waals surface area (Å²) in [6, 6.07) is 5.64. The van der Waals surface area contributed by atoms with Crippen LogP contribution in [0.2, 0.25) is 0 Å². The van der Waals surface area contributed by atoms with E-state index in [0.29, 0.717) is 4.47 Å². The first-order valence-electron chi connectivity index (χ1n) is 5.26. The van der Waals surface area contributed by atoms with Gasteiger partial charge in [-0.25, -0.2) is 13.2 Å². The molecule has 102 valence electrons. The molecule has 1 aromatic rings. The Morgan fingerprint density at radius 3 is 2.68 bits per heavy atom. The largest absolute Gasteiger partial charge is 0.478 e. The average molecular weight is 347 g/mol. The van der Waals surface area contributed by atoms with Crippen molar-refractivity contribution in [1.29, 1.82) is 5.26 Å². The number of carbonyl (C=O) groups is 1. The second-order valence-corrected chi connectivity index (χ2v) is 6.39. The molecule has 1 atom stereocenters. The zero-order chi connectivity index (χ0) is 14.6. The second-order valence-electron chi connectivity index (χ2n) is 3.67. The Morgan fingerprint density at radius 1 is 1.58 bits per heavy atom. The second kappa shape index (κ2) is 6.04. The minimum atomic E-state index is -3.87. The van der Waals surface area contributed by atoms with Crippen molar-refractivity contribution >= 4 is 37.6 Å². The smallest absolute Gasteiger partial charge is 0.335 e. The van der Waals surface area contributed by atoms with Gasteiger partial charge in [0.2, 0.25) is 10.0 Å². The highest BCUT2D eigenvalue weighted by molar-refractivity contribution is 9.10. The molecule has 0 bridgehead atoms. The van der Waals surface area contributed by atoms with Crippen molar-refractivity contribution in [3.8, 4) is 6.07 Å². The molecule has 1 unspecified atom stereocenters. The van der Waals surface area contributed by atoms with Gasteiger partial charge in [0.15, 0.2) is 5.25 Å². The first-order valence-corrected chi connectivity index (χ1v) is 7.59. The Morgan fingerprint density at radius 2 is 2.21 bits per heavy atom. The summed E-state index contributed by atoms with van der Waals surface area (Å²) in [5.41, 5.74) is 0.0412. The van der Waals surface area contributed by atoms with Gasteiger partial charge in [0.25, 0.3) is 0 Å². The zero-order valence-corrected chi connectivity index (χ0v) is 12.3. The van der Waals surface area contributed by atoms with Gasteiger partial charge >= 0.3 is 5.97 Å². The molecule has 19 heavy (non-hydrogen) atoms. The number of rotatable bonds is 5. The molecule has 1 aromatic carbocycles. The van der Waals surface area contributed by atoms with E-state index in [1.54, 1.807) is 13.0 Å². The fraction of sp³-hybridized carbons (Fsp3) is 0.273. The van der Waals surface area contributed by atoms with Crippen molar-refractivity contribution < 1.29 is 18.3 Å². The Bertz CT molecular complexity index is 637. The molecule has 0 saturated heterocycles. The van der Waals surface area contributed by atoms with Crippen LogP contribution < -0.4 is 4.72 Å². The molecule has 6 nitrogen and oxygen atoms in total. The minimum absolute atomic E-state index is 0.0501. The Kier molecular flexibility index (Phi) is 4.91. The summed E-state index contributed by atoms with van der Waals surface area (Å²) in [5.74, 6) is -1.17. The predicted octanol–water partition coefficient (Wildman–Crippen LogP) is 2.19. The molecule has 0 saturated carbocycles. The molecule has 0 aliphatic heterocycles. The molecule has 0 aliphatic rings. The third kappa shape index (κ3) is 3.68. The lowest BCUT2D eigenvalue weighted by molar-refractivity contribution is 0.0697. The molecular formula is C11H11BrN2O4S. The summed E-state index contributed by atoms with van der Waals surface area (Å²) in [5, 5.41) is 16.4. The zero-order valence-electron chi connectivity index (χ0n) is 9.92. The van der Waals surface area contributed by atoms with Crippen molar-refractivity contribution in [1.82, 2.24) is 0 Å². The van der Waals surface area contributed by atoms with E-state index in [-0.39, 0.29) is 17.7 Å². The third-order valence-corrected chi connectivity index (χ3v) is 4.74. The van der Waals surface area contributed by atoms with Gasteiger partial charge in [-0.2, -0.15) is 5.26 Å². The maximum Gasteiger partial charge on any atom is 0.335 e. The highest BCUT2D eigenvalue weighted by atomic mass is 79.9. The average Bonchev–Trinajstić information content (AvgIpc) is 2.32. The topological polar surface area (TPSA) is 107 Å². The number of hydrogen-bond acceptors (Lipinski definition) is 4. The Balaban J connectivity index is 3.16. The first-order chi connectivity index (χ1) is 8.81. The number of carboxylic acids is 1. The van der Waals surface area contributed by atoms with E-state index >= 15 is 0 Å². The molecule has 0 spiro atoms. The Labute approximate surface area is 119 Å². The maximum atomic E-state index is 11.9. The number of aromatic carboxylic acids is 1. The normalized spacial score (nSPS) is 12.5. The van der Waals surface area contributed by atoms with Crippen molar-refractivity contribution in [3.63, 3.8) is 0 Å². The number of nitriles is 1. The number of sulfonamides is 1. The van der Waals surface area contributed by atoms with Gasteiger partial charge in [0.1, 0.15) is 0 Å². The van der Waals surface area contributed by atoms with E-state index in [9.17, 15) is 13.2 Å². The summed E-state index contributed by atoms with van der Waals surface area (Å²) >= 11 is 3.12. The molecule has 2 N–H and O–H groups in total. The first kappa shape index (κ1) is 15.5. The molecule has 0 aliphatic carbocycles. The van der Waals surface area contributed by atoms with Crippen molar-refractivity contribution in [2.24, 2.45) is 0 Å². The fourth-order valence-corrected chi connectivity index (χ4v) is 3.01. The van der Waals surface area contributed by atoms with Crippen LogP contribution >= 0.6 is 15.9 Å². The molecule has 0 aromatic heterocycles. The van der Waals surface area contributed by atoms with Gasteiger partial charge in [0.05, 0.1) is 17.3 Å². The lowest BCUT2D eigenvalue weighted by Gasteiger charge is -2.13. The summed E-state index contributed by atoms with van der Waals surface area (Å²) in [7, 11) is -3.87. The van der Waals surface area contributed by atoms with Crippen LogP contribution in [-0.4, -0.2) is 24.7 Å². The van der Waals surface area contributed by atoms with Gasteiger partial charge < -0.3 is 5.11 Å². The maximum absolute atomic E-state index is 11.9. The van der Waals surface area contributed by atoms with Crippen LogP contribution in [0.4, 0.5) is 5.69 Å². The summed E-state index contributed by atoms with van der Waals surface area (Å²) in [6.07, 6.45) is 0.141. The molecule has 1 rings (SSSR count). The summed E-state index contributed by atoms with van der Waals surface area (Å²) < 4.78 is 26.4. The standard InChI is InChI=1S/C11H11BrN2O4S/c1-2-8(6-13)19(17,18)14-10-5-7(11(15)16)3-4-9(10)12/h3-5,8,14H,2H2,1H3,(H,15,16). The van der Waals surface area contributed by atoms with Crippen LogP contribution in [0.25, 0.3) is 0 Å². The highest BCUT2D eigenvalue weighted by Crippen LogP contribution is 2.25. The SMILES string of the molecule is CCC(C#N)S(=O)(=O)Nc1cc(C(=O)O)ccc1Br. The number of carboxylic acid groups (broad SMARTS) is 1. The lowest BCUT2D eigenvalue weighted by Crippen LogP contribution is -2.26. The van der Waals surface area contributed by atoms with Gasteiger partial charge in [-0.1, -0.05) is 6.92 Å². The van der Waals surface area contributed by atoms with Crippen LogP contribution in [0.5, 0.6) is 0 Å². The minimum Gasteiger partial charge on any atom is -0.478 e. The van der Waals surface area contributed by atoms with E-state index < -0.39 is 21.2 Å². The number of nitrogens with one attached hydrogen (secondary N) is 1. The molecule has 0 fully saturated rings. The molecule has 0 heterocycles. The van der Waals surface area contributed by atoms with Crippen LogP contribution in [0, 0.1) is 11.3 Å². The summed E-state index contributed by atoms with van der Waals surface area (Å²) in [6.45, 7) is 1.58. The van der Waals surface area contributed by atoms with Gasteiger partial charge in [0, 0.05) is 4.47 Å². The van der Waals surface area contributed by atoms with E-state index in [2.05, 4.69) is 20.7 Å². The number of halogens is 1. The van der Waals surface area contributed by atoms with E-state index in [1.165, 1.54) is 18.2 Å². The lowest BCUT2D eigenvalue weighted by atomic mass is 10.2. The van der Waals surface area contributed by atoms with Crippen LogP contribution in [0.3, 0.4) is 0 Å². The van der Waals surface area contributed by atoms with Crippen molar-refractivity contribution in [2.75, 3.05) is 4.72 Å². The van der Waals surface area contributed by atoms with Crippen LogP contribution in [-0.2, 0) is 10.0 Å². The number of nitrogens with zero attached hydrogens (tertiary/aromatic N) is 1. The van der Waals surface area contributed by atoms with Crippen molar-refractivity contribution in [2.45, 2.75) is 18.6 Å². The van der Waals surface area contributed by atoms with E-state index in [0.717, 1.165) is 0 Å². The van der Waals surface area contributed by atoms with Gasteiger partial charge in [-0.15, -0.1) is 0 Å². The number of anilines is 1. The van der Waals surface area contributed by atoms with Gasteiger partial charge in [-0.05, 0) is 40.5 Å². The molecular weight excluding hydrogens is 336 g/mol. The predicted molar refractivity (Wildman–Crippen MR) is 73.3 cm³/mol. The monoisotopic (exact) mass is 346 g/mol. The molecule has 8 heteroatoms. The third-order valence-electron chi connectivity index (χ3n) is 2.35. The summed E-state index contributed by atoms with van der Waals surface area (Å²) in [4.78, 5) is 10.8. The van der Waals surface area contributed by atoms with Gasteiger partial charge in [-0.3, -0.25) is 4.72 Å². The Hall–Kier alpha value is -1.59. The van der Waals surface area contributed by atoms with E-state index in [4.69, 9.17) is 10.4 Å². The number of hydrogen-bond donors (Lipinski definition) is 2. The van der Waals surface area contributed by atoms with Crippen LogP contribution in [0.1, 0.15) is 23.7 Å². The van der Waals surface area contributed by atoms with Crippen molar-refractivity contribution in [3.05, 3.63) is 28.2 Å². The fourth-order valence-electron chi connectivity index (χ4n) is 1.34. The molecule has 0 radical (unpaired) electrons. The highest BCUT2D eigenvalue weighted by Gasteiger charge is 2.24. The van der Waals surface area contributed by atoms with E-state index in [1.807, 2.05) is 0 Å².